The van der Waals surface area contributed by atoms with Crippen LogP contribution in [0.15, 0.2) is 29.8 Å². The van der Waals surface area contributed by atoms with Crippen molar-refractivity contribution in [2.24, 2.45) is 0 Å². The maximum Gasteiger partial charge on any atom is 0.386 e. The van der Waals surface area contributed by atoms with Crippen molar-refractivity contribution < 1.29 is 40.2 Å². The summed E-state index contributed by atoms with van der Waals surface area (Å²) in [5.74, 6) is -23.5. The molecule has 1 aromatic rings. The molecule has 158 valence electrons. The molecule has 0 radical (unpaired) electrons. The van der Waals surface area contributed by atoms with Gasteiger partial charge >= 0.3 is 17.8 Å². The Balaban J connectivity index is 2.28. The van der Waals surface area contributed by atoms with Crippen LogP contribution in [0.4, 0.5) is 30.7 Å². The summed E-state index contributed by atoms with van der Waals surface area (Å²) in [5.41, 5.74) is 0.638. The van der Waals surface area contributed by atoms with Crippen molar-refractivity contribution in [2.75, 3.05) is 7.11 Å². The molecule has 1 aliphatic rings. The van der Waals surface area contributed by atoms with Gasteiger partial charge in [-0.25, -0.2) is 4.39 Å². The van der Waals surface area contributed by atoms with Gasteiger partial charge in [0.2, 0.25) is 18.3 Å². The Morgan fingerprint density at radius 1 is 1.00 bits per heavy atom. The summed E-state index contributed by atoms with van der Waals surface area (Å²) >= 11 is 12.0. The Morgan fingerprint density at radius 3 is 2.07 bits per heavy atom. The fourth-order valence-electron chi connectivity index (χ4n) is 2.53. The van der Waals surface area contributed by atoms with E-state index in [1.165, 1.54) is 12.1 Å². The molecule has 12 heteroatoms. The van der Waals surface area contributed by atoms with E-state index in [2.05, 4.69) is 4.74 Å². The highest BCUT2D eigenvalue weighted by molar-refractivity contribution is 7.44. The monoisotopic (exact) mass is 470 g/mol. The van der Waals surface area contributed by atoms with Gasteiger partial charge in [-0.05, 0) is 43.1 Å². The SMILES string of the molecule is COc1cc(CCC[Si](C)(Cl)Cl)ccc1OC1=C(F)C(F)(F)C(F)(F)C1(F)F. The summed E-state index contributed by atoms with van der Waals surface area (Å²) < 4.78 is 103. The lowest BCUT2D eigenvalue weighted by atomic mass is 10.1. The van der Waals surface area contributed by atoms with Crippen LogP contribution < -0.4 is 9.47 Å². The summed E-state index contributed by atoms with van der Waals surface area (Å²) in [6.07, 6.45) is 1.08. The predicted molar refractivity (Wildman–Crippen MR) is 93.0 cm³/mol. The van der Waals surface area contributed by atoms with Gasteiger partial charge in [-0.1, -0.05) is 6.07 Å². The van der Waals surface area contributed by atoms with Gasteiger partial charge in [-0.2, -0.15) is 26.3 Å². The van der Waals surface area contributed by atoms with E-state index in [1.54, 1.807) is 6.55 Å². The Morgan fingerprint density at radius 2 is 1.61 bits per heavy atom. The van der Waals surface area contributed by atoms with Crippen molar-refractivity contribution in [2.45, 2.75) is 43.2 Å². The molecule has 0 amide bonds. The van der Waals surface area contributed by atoms with Crippen molar-refractivity contribution in [1.29, 1.82) is 0 Å². The third kappa shape index (κ3) is 4.09. The summed E-state index contributed by atoms with van der Waals surface area (Å²) in [6, 6.07) is 4.32. The van der Waals surface area contributed by atoms with Crippen LogP contribution in [0.1, 0.15) is 12.0 Å². The van der Waals surface area contributed by atoms with Crippen molar-refractivity contribution in [3.05, 3.63) is 35.3 Å². The predicted octanol–water partition coefficient (Wildman–Crippen LogP) is 6.66. The minimum absolute atomic E-state index is 0.219. The number of benzene rings is 1. The van der Waals surface area contributed by atoms with Gasteiger partial charge in [-0.15, -0.1) is 22.2 Å². The lowest BCUT2D eigenvalue weighted by molar-refractivity contribution is -0.272. The lowest BCUT2D eigenvalue weighted by Gasteiger charge is -2.24. The Bertz CT molecular complexity index is 779. The number of rotatable bonds is 7. The van der Waals surface area contributed by atoms with Crippen LogP contribution in [0.3, 0.4) is 0 Å². The van der Waals surface area contributed by atoms with E-state index in [0.717, 1.165) is 13.2 Å². The van der Waals surface area contributed by atoms with Crippen LogP contribution in [-0.4, -0.2) is 31.6 Å². The molecule has 0 heterocycles. The van der Waals surface area contributed by atoms with Crippen molar-refractivity contribution >= 4 is 28.9 Å². The molecule has 0 N–H and O–H groups in total. The summed E-state index contributed by atoms with van der Waals surface area (Å²) in [4.78, 5) is 0. The largest absolute Gasteiger partial charge is 0.493 e. The average Bonchev–Trinajstić information content (AvgIpc) is 2.65. The molecule has 0 aliphatic heterocycles. The third-order valence-corrected chi connectivity index (χ3v) is 6.44. The lowest BCUT2D eigenvalue weighted by Crippen LogP contribution is -2.49. The molecule has 1 aromatic carbocycles. The molecule has 0 atom stereocenters. The van der Waals surface area contributed by atoms with Crippen LogP contribution in [0.25, 0.3) is 0 Å². The first-order valence-electron chi connectivity index (χ1n) is 7.92. The Labute approximate surface area is 166 Å². The normalized spacial score (nSPS) is 20.4. The molecular formula is C16H15Cl2F7O2Si. The summed E-state index contributed by atoms with van der Waals surface area (Å²) in [5, 5.41) is 0. The zero-order valence-corrected chi connectivity index (χ0v) is 17.1. The second kappa shape index (κ2) is 7.60. The average molecular weight is 471 g/mol. The van der Waals surface area contributed by atoms with E-state index in [-0.39, 0.29) is 5.75 Å². The molecule has 0 saturated heterocycles. The smallest absolute Gasteiger partial charge is 0.386 e. The number of aryl methyl sites for hydroxylation is 1. The van der Waals surface area contributed by atoms with E-state index < -0.39 is 41.8 Å². The summed E-state index contributed by atoms with van der Waals surface area (Å²) in [7, 11) is 1.12. The molecule has 0 fully saturated rings. The van der Waals surface area contributed by atoms with Crippen LogP contribution in [0.5, 0.6) is 11.5 Å². The highest BCUT2D eigenvalue weighted by Gasteiger charge is 2.82. The second-order valence-electron chi connectivity index (χ2n) is 6.38. The minimum atomic E-state index is -5.97. The number of halogens is 9. The molecule has 0 saturated carbocycles. The molecule has 0 spiro atoms. The molecule has 2 rings (SSSR count). The first-order valence-corrected chi connectivity index (χ1v) is 12.6. The van der Waals surface area contributed by atoms with Crippen LogP contribution in [-0.2, 0) is 6.42 Å². The molecule has 28 heavy (non-hydrogen) atoms. The quantitative estimate of drug-likeness (QED) is 0.252. The highest BCUT2D eigenvalue weighted by Crippen LogP contribution is 2.60. The third-order valence-electron chi connectivity index (χ3n) is 4.07. The summed E-state index contributed by atoms with van der Waals surface area (Å²) in [6.45, 7) is -0.565. The van der Waals surface area contributed by atoms with Gasteiger partial charge in [0.15, 0.2) is 11.5 Å². The van der Waals surface area contributed by atoms with Crippen molar-refractivity contribution in [1.82, 2.24) is 0 Å². The van der Waals surface area contributed by atoms with Gasteiger partial charge in [0.25, 0.3) is 0 Å². The van der Waals surface area contributed by atoms with Crippen LogP contribution >= 0.6 is 22.2 Å². The number of hydrogen-bond donors (Lipinski definition) is 0. The first-order chi connectivity index (χ1) is 12.6. The van der Waals surface area contributed by atoms with Gasteiger partial charge in [0.1, 0.15) is 0 Å². The van der Waals surface area contributed by atoms with E-state index in [1.807, 2.05) is 0 Å². The molecular weight excluding hydrogens is 456 g/mol. The van der Waals surface area contributed by atoms with E-state index in [4.69, 9.17) is 26.9 Å². The van der Waals surface area contributed by atoms with Gasteiger partial charge < -0.3 is 9.47 Å². The maximum absolute atomic E-state index is 13.7. The van der Waals surface area contributed by atoms with E-state index in [0.29, 0.717) is 24.4 Å². The Kier molecular flexibility index (Phi) is 6.29. The first kappa shape index (κ1) is 23.1. The van der Waals surface area contributed by atoms with E-state index in [9.17, 15) is 30.7 Å². The standard InChI is InChI=1S/C16H15Cl2F7O2Si/c1-26-11-8-9(4-3-7-28(2,17)18)5-6-10(11)27-13-12(19)14(20,21)16(24,25)15(13,22)23/h5-6,8H,3-4,7H2,1-2H3. The van der Waals surface area contributed by atoms with Crippen molar-refractivity contribution in [3.63, 3.8) is 0 Å². The maximum atomic E-state index is 13.7. The molecule has 0 aromatic heterocycles. The topological polar surface area (TPSA) is 18.5 Å². The minimum Gasteiger partial charge on any atom is -0.493 e. The van der Waals surface area contributed by atoms with Gasteiger partial charge in [0.05, 0.1) is 7.11 Å². The van der Waals surface area contributed by atoms with Crippen LogP contribution in [0, 0.1) is 0 Å². The molecule has 0 unspecified atom stereocenters. The van der Waals surface area contributed by atoms with Gasteiger partial charge in [-0.3, -0.25) is 0 Å². The zero-order chi connectivity index (χ0) is 21.5. The zero-order valence-electron chi connectivity index (χ0n) is 14.6. The molecule has 1 aliphatic carbocycles. The number of allylic oxidation sites excluding steroid dienone is 2. The number of ether oxygens (including phenoxy) is 2. The second-order valence-corrected chi connectivity index (χ2v) is 14.6. The molecule has 2 nitrogen and oxygen atoms in total. The van der Waals surface area contributed by atoms with Crippen molar-refractivity contribution in [3.8, 4) is 11.5 Å². The number of methoxy groups -OCH3 is 1. The highest BCUT2D eigenvalue weighted by atomic mass is 35.7. The Hall–Kier alpha value is -1.13. The fraction of sp³-hybridized carbons (Fsp3) is 0.500. The number of hydrogen-bond acceptors (Lipinski definition) is 2. The van der Waals surface area contributed by atoms with E-state index >= 15 is 0 Å². The molecule has 0 bridgehead atoms. The number of alkyl halides is 6. The fourth-order valence-corrected chi connectivity index (χ4v) is 4.13. The van der Waals surface area contributed by atoms with Gasteiger partial charge in [0, 0.05) is 0 Å². The van der Waals surface area contributed by atoms with Crippen LogP contribution in [0.2, 0.25) is 12.6 Å².